The van der Waals surface area contributed by atoms with E-state index in [1.165, 1.54) is 19.3 Å². The van der Waals surface area contributed by atoms with E-state index in [2.05, 4.69) is 41.5 Å². The Labute approximate surface area is 207 Å². The van der Waals surface area contributed by atoms with Crippen molar-refractivity contribution in [3.8, 4) is 0 Å². The molecule has 5 saturated carbocycles. The minimum absolute atomic E-state index is 0.0375. The lowest BCUT2D eigenvalue weighted by Crippen LogP contribution is -2.67. The lowest BCUT2D eigenvalue weighted by Gasteiger charge is -2.72. The van der Waals surface area contributed by atoms with Crippen LogP contribution in [-0.4, -0.2) is 34.0 Å². The fourth-order valence-corrected chi connectivity index (χ4v) is 11.8. The third kappa shape index (κ3) is 2.88. The molecular formula is C30H50O4. The number of aliphatic hydroxyl groups excluding tert-OH is 2. The molecule has 194 valence electrons. The maximum Gasteiger partial charge on any atom is 0.309 e. The van der Waals surface area contributed by atoms with E-state index in [4.69, 9.17) is 0 Å². The fourth-order valence-electron chi connectivity index (χ4n) is 11.8. The molecule has 4 nitrogen and oxygen atoms in total. The smallest absolute Gasteiger partial charge is 0.309 e. The Balaban J connectivity index is 1.55. The largest absolute Gasteiger partial charge is 0.481 e. The molecule has 5 aliphatic carbocycles. The molecular weight excluding hydrogens is 424 g/mol. The second-order valence-electron chi connectivity index (χ2n) is 14.9. The summed E-state index contributed by atoms with van der Waals surface area (Å²) < 4.78 is 0. The summed E-state index contributed by atoms with van der Waals surface area (Å²) in [7, 11) is 0. The van der Waals surface area contributed by atoms with Crippen molar-refractivity contribution in [2.45, 2.75) is 112 Å². The highest BCUT2D eigenvalue weighted by molar-refractivity contribution is 5.76. The second-order valence-corrected chi connectivity index (χ2v) is 14.9. The van der Waals surface area contributed by atoms with Gasteiger partial charge in [0.2, 0.25) is 0 Å². The van der Waals surface area contributed by atoms with Gasteiger partial charge in [-0.05, 0) is 121 Å². The molecule has 0 aromatic rings. The zero-order valence-corrected chi connectivity index (χ0v) is 22.6. The van der Waals surface area contributed by atoms with Crippen LogP contribution in [0.3, 0.4) is 0 Å². The van der Waals surface area contributed by atoms with Crippen LogP contribution in [0.25, 0.3) is 0 Å². The number of rotatable bonds is 3. The number of fused-ring (bicyclic) bond motifs is 7. The molecule has 0 amide bonds. The quantitative estimate of drug-likeness (QED) is 0.459. The van der Waals surface area contributed by atoms with Crippen molar-refractivity contribution < 1.29 is 20.1 Å². The number of carboxylic acids is 1. The first kappa shape index (κ1) is 25.1. The van der Waals surface area contributed by atoms with Gasteiger partial charge in [0.05, 0.1) is 11.5 Å². The second kappa shape index (κ2) is 7.70. The van der Waals surface area contributed by atoms with Crippen LogP contribution in [0.15, 0.2) is 0 Å². The number of hydrogen-bond acceptors (Lipinski definition) is 3. The van der Waals surface area contributed by atoms with Crippen molar-refractivity contribution in [1.29, 1.82) is 0 Å². The van der Waals surface area contributed by atoms with E-state index in [0.29, 0.717) is 23.7 Å². The first-order valence-corrected chi connectivity index (χ1v) is 14.3. The van der Waals surface area contributed by atoms with Crippen LogP contribution < -0.4 is 0 Å². The molecule has 0 spiro atoms. The molecule has 0 aromatic carbocycles. The van der Waals surface area contributed by atoms with Gasteiger partial charge in [-0.25, -0.2) is 0 Å². The highest BCUT2D eigenvalue weighted by Crippen LogP contribution is 2.77. The molecule has 5 rings (SSSR count). The van der Waals surface area contributed by atoms with E-state index in [0.717, 1.165) is 44.9 Å². The van der Waals surface area contributed by atoms with Gasteiger partial charge >= 0.3 is 5.97 Å². The normalized spacial score (nSPS) is 54.8. The molecule has 0 bridgehead atoms. The summed E-state index contributed by atoms with van der Waals surface area (Å²) in [6, 6.07) is 0. The third-order valence-electron chi connectivity index (χ3n) is 13.9. The Kier molecular flexibility index (Phi) is 5.67. The first-order valence-electron chi connectivity index (χ1n) is 14.3. The van der Waals surface area contributed by atoms with E-state index in [1.807, 2.05) is 0 Å². The molecule has 0 heterocycles. The molecule has 4 heteroatoms. The zero-order chi connectivity index (χ0) is 24.9. The SMILES string of the molecule is CC(CO)[C@@H]1CCC2(C(=O)O)CC[C@]3(C)C(CCC4[C@@]5(C)CCC(O)C(C)(C)C5CC[C@]43C)C12. The molecule has 0 aromatic heterocycles. The van der Waals surface area contributed by atoms with Crippen LogP contribution in [0.4, 0.5) is 0 Å². The maximum absolute atomic E-state index is 12.8. The molecule has 11 atom stereocenters. The summed E-state index contributed by atoms with van der Waals surface area (Å²) in [5.41, 5.74) is -0.0203. The Bertz CT molecular complexity index is 838. The van der Waals surface area contributed by atoms with Gasteiger partial charge in [0.15, 0.2) is 0 Å². The highest BCUT2D eigenvalue weighted by Gasteiger charge is 2.72. The highest BCUT2D eigenvalue weighted by atomic mass is 16.4. The summed E-state index contributed by atoms with van der Waals surface area (Å²) >= 11 is 0. The predicted molar refractivity (Wildman–Crippen MR) is 134 cm³/mol. The molecule has 0 radical (unpaired) electrons. The van der Waals surface area contributed by atoms with Crippen LogP contribution in [0.2, 0.25) is 0 Å². The number of carbonyl (C=O) groups is 1. The first-order chi connectivity index (χ1) is 15.8. The molecule has 0 saturated heterocycles. The van der Waals surface area contributed by atoms with Gasteiger partial charge < -0.3 is 15.3 Å². The number of aliphatic carboxylic acids is 1. The minimum Gasteiger partial charge on any atom is -0.481 e. The fraction of sp³-hybridized carbons (Fsp3) is 0.967. The summed E-state index contributed by atoms with van der Waals surface area (Å²) in [5, 5.41) is 31.5. The van der Waals surface area contributed by atoms with Crippen LogP contribution in [0.1, 0.15) is 106 Å². The minimum atomic E-state index is -0.584. The van der Waals surface area contributed by atoms with Gasteiger partial charge in [-0.3, -0.25) is 4.79 Å². The van der Waals surface area contributed by atoms with Crippen molar-refractivity contribution >= 4 is 5.97 Å². The van der Waals surface area contributed by atoms with E-state index in [-0.39, 0.29) is 46.2 Å². The van der Waals surface area contributed by atoms with Crippen LogP contribution in [0, 0.1) is 62.6 Å². The standard InChI is InChI=1S/C30H50O4/c1-18(17-31)19-9-14-30(25(33)34)16-15-28(5)20(24(19)30)7-8-22-27(4)12-11-23(32)26(2,3)21(27)10-13-29(22,28)6/h18-24,31-32H,7-17H2,1-6H3,(H,33,34)/t18?,19-,20?,21?,22?,23?,24?,27-,28+,29+,30?/m0/s1. The lowest BCUT2D eigenvalue weighted by atomic mass is 9.32. The van der Waals surface area contributed by atoms with Gasteiger partial charge in [-0.2, -0.15) is 0 Å². The van der Waals surface area contributed by atoms with Gasteiger partial charge in [-0.1, -0.05) is 41.5 Å². The summed E-state index contributed by atoms with van der Waals surface area (Å²) in [6.07, 6.45) is 10.1. The Morgan fingerprint density at radius 1 is 0.853 bits per heavy atom. The average molecular weight is 475 g/mol. The molecule has 34 heavy (non-hydrogen) atoms. The van der Waals surface area contributed by atoms with Crippen LogP contribution >= 0.6 is 0 Å². The van der Waals surface area contributed by atoms with Crippen molar-refractivity contribution in [1.82, 2.24) is 0 Å². The molecule has 7 unspecified atom stereocenters. The van der Waals surface area contributed by atoms with E-state index in [1.54, 1.807) is 0 Å². The monoisotopic (exact) mass is 474 g/mol. The van der Waals surface area contributed by atoms with Crippen molar-refractivity contribution in [2.75, 3.05) is 6.61 Å². The van der Waals surface area contributed by atoms with Gasteiger partial charge in [0, 0.05) is 6.61 Å². The Hall–Kier alpha value is -0.610. The van der Waals surface area contributed by atoms with Crippen molar-refractivity contribution in [2.24, 2.45) is 62.6 Å². The Morgan fingerprint density at radius 2 is 1.56 bits per heavy atom. The lowest BCUT2D eigenvalue weighted by molar-refractivity contribution is -0.249. The Morgan fingerprint density at radius 3 is 2.21 bits per heavy atom. The van der Waals surface area contributed by atoms with Crippen LogP contribution in [-0.2, 0) is 4.79 Å². The van der Waals surface area contributed by atoms with Gasteiger partial charge in [0.1, 0.15) is 0 Å². The molecule has 0 aliphatic heterocycles. The van der Waals surface area contributed by atoms with Gasteiger partial charge in [0.25, 0.3) is 0 Å². The van der Waals surface area contributed by atoms with E-state index in [9.17, 15) is 20.1 Å². The summed E-state index contributed by atoms with van der Waals surface area (Å²) in [6.45, 7) is 14.6. The molecule has 5 fully saturated rings. The van der Waals surface area contributed by atoms with Crippen LogP contribution in [0.5, 0.6) is 0 Å². The molecule has 5 aliphatic rings. The van der Waals surface area contributed by atoms with Crippen molar-refractivity contribution in [3.05, 3.63) is 0 Å². The van der Waals surface area contributed by atoms with Gasteiger partial charge in [-0.15, -0.1) is 0 Å². The van der Waals surface area contributed by atoms with E-state index < -0.39 is 11.4 Å². The number of hydrogen-bond donors (Lipinski definition) is 3. The zero-order valence-electron chi connectivity index (χ0n) is 22.6. The summed E-state index contributed by atoms with van der Waals surface area (Å²) in [5.74, 6) is 1.74. The number of carboxylic acid groups (broad SMARTS) is 1. The average Bonchev–Trinajstić information content (AvgIpc) is 3.18. The number of aliphatic hydroxyl groups is 2. The van der Waals surface area contributed by atoms with E-state index >= 15 is 0 Å². The third-order valence-corrected chi connectivity index (χ3v) is 13.9. The predicted octanol–water partition coefficient (Wildman–Crippen LogP) is 6.14. The maximum atomic E-state index is 12.8. The summed E-state index contributed by atoms with van der Waals surface area (Å²) in [4.78, 5) is 12.8. The topological polar surface area (TPSA) is 77.8 Å². The molecule has 3 N–H and O–H groups in total. The van der Waals surface area contributed by atoms with Crippen molar-refractivity contribution in [3.63, 3.8) is 0 Å².